The van der Waals surface area contributed by atoms with Crippen LogP contribution in [0.4, 0.5) is 5.69 Å². The summed E-state index contributed by atoms with van der Waals surface area (Å²) in [6, 6.07) is 9.42. The van der Waals surface area contributed by atoms with Gasteiger partial charge in [-0.05, 0) is 25.0 Å². The van der Waals surface area contributed by atoms with Crippen molar-refractivity contribution in [3.05, 3.63) is 29.8 Å². The molecule has 1 N–H and O–H groups in total. The van der Waals surface area contributed by atoms with E-state index in [0.717, 1.165) is 13.1 Å². The first-order valence-corrected chi connectivity index (χ1v) is 7.87. The largest absolute Gasteiger partial charge is 0.370 e. The molecule has 1 aromatic rings. The molecule has 0 saturated heterocycles. The normalized spacial score (nSPS) is 19.1. The summed E-state index contributed by atoms with van der Waals surface area (Å²) >= 11 is 0. The van der Waals surface area contributed by atoms with E-state index in [-0.39, 0.29) is 0 Å². The van der Waals surface area contributed by atoms with Crippen molar-refractivity contribution in [2.45, 2.75) is 58.5 Å². The number of hydrogen-bond acceptors (Lipinski definition) is 2. The van der Waals surface area contributed by atoms with Crippen LogP contribution in [0.1, 0.15) is 51.5 Å². The van der Waals surface area contributed by atoms with E-state index in [2.05, 4.69) is 48.3 Å². The first kappa shape index (κ1) is 14.4. The molecule has 0 spiro atoms. The van der Waals surface area contributed by atoms with Gasteiger partial charge in [-0.2, -0.15) is 0 Å². The maximum atomic E-state index is 3.60. The smallest absolute Gasteiger partial charge is 0.0412 e. The Balaban J connectivity index is 1.93. The van der Waals surface area contributed by atoms with Crippen LogP contribution in [0.3, 0.4) is 0 Å². The second-order valence-electron chi connectivity index (χ2n) is 5.77. The number of anilines is 1. The van der Waals surface area contributed by atoms with Crippen LogP contribution in [-0.2, 0) is 6.54 Å². The molecule has 1 heterocycles. The van der Waals surface area contributed by atoms with Crippen LogP contribution in [0, 0.1) is 0 Å². The number of benzene rings is 1. The molecule has 106 valence electrons. The number of nitrogens with one attached hydrogen (secondary N) is 1. The van der Waals surface area contributed by atoms with Gasteiger partial charge < -0.3 is 10.2 Å². The third-order valence-corrected chi connectivity index (χ3v) is 4.00. The molecule has 1 unspecified atom stereocenters. The molecule has 1 aromatic carbocycles. The van der Waals surface area contributed by atoms with Gasteiger partial charge in [0.05, 0.1) is 0 Å². The number of para-hydroxylation sites is 1. The first-order chi connectivity index (χ1) is 9.31. The number of nitrogens with zero attached hydrogens (tertiary/aromatic N) is 1. The summed E-state index contributed by atoms with van der Waals surface area (Å²) in [4.78, 5) is 2.58. The Labute approximate surface area is 118 Å². The van der Waals surface area contributed by atoms with Crippen LogP contribution in [0.5, 0.6) is 0 Å². The van der Waals surface area contributed by atoms with Gasteiger partial charge in [0, 0.05) is 31.4 Å². The van der Waals surface area contributed by atoms with Crippen molar-refractivity contribution in [3.8, 4) is 0 Å². The molecule has 2 nitrogen and oxygen atoms in total. The second kappa shape index (κ2) is 7.54. The van der Waals surface area contributed by atoms with Crippen molar-refractivity contribution in [3.63, 3.8) is 0 Å². The van der Waals surface area contributed by atoms with Gasteiger partial charge in [-0.25, -0.2) is 0 Å². The van der Waals surface area contributed by atoms with Crippen LogP contribution in [0.25, 0.3) is 0 Å². The van der Waals surface area contributed by atoms with Crippen molar-refractivity contribution in [2.24, 2.45) is 0 Å². The van der Waals surface area contributed by atoms with Gasteiger partial charge in [-0.15, -0.1) is 0 Å². The van der Waals surface area contributed by atoms with Gasteiger partial charge in [0.25, 0.3) is 0 Å². The summed E-state index contributed by atoms with van der Waals surface area (Å²) in [5.74, 6) is 0. The lowest BCUT2D eigenvalue weighted by molar-refractivity contribution is 0.542. The Morgan fingerprint density at radius 3 is 2.79 bits per heavy atom. The van der Waals surface area contributed by atoms with Crippen molar-refractivity contribution < 1.29 is 0 Å². The predicted molar refractivity (Wildman–Crippen MR) is 83.7 cm³/mol. The molecule has 19 heavy (non-hydrogen) atoms. The van der Waals surface area contributed by atoms with E-state index in [9.17, 15) is 0 Å². The molecule has 0 amide bonds. The SMILES string of the molecule is CCCCCCCN1CC(C)NCc2ccccc21. The zero-order chi connectivity index (χ0) is 13.5. The maximum absolute atomic E-state index is 3.60. The number of hydrogen-bond donors (Lipinski definition) is 1. The van der Waals surface area contributed by atoms with Gasteiger partial charge in [-0.1, -0.05) is 50.8 Å². The molecule has 0 saturated carbocycles. The Morgan fingerprint density at radius 1 is 1.16 bits per heavy atom. The quantitative estimate of drug-likeness (QED) is 0.779. The number of rotatable bonds is 6. The van der Waals surface area contributed by atoms with Gasteiger partial charge in [-0.3, -0.25) is 0 Å². The fourth-order valence-corrected chi connectivity index (χ4v) is 2.86. The van der Waals surface area contributed by atoms with Crippen molar-refractivity contribution in [2.75, 3.05) is 18.0 Å². The highest BCUT2D eigenvalue weighted by Gasteiger charge is 2.17. The summed E-state index contributed by atoms with van der Waals surface area (Å²) in [6.45, 7) is 7.90. The fraction of sp³-hybridized carbons (Fsp3) is 0.647. The van der Waals surface area contributed by atoms with Crippen molar-refractivity contribution >= 4 is 5.69 Å². The standard InChI is InChI=1S/C17H28N2/c1-3-4-5-6-9-12-19-14-15(2)18-13-16-10-7-8-11-17(16)19/h7-8,10-11,15,18H,3-6,9,12-14H2,1-2H3. The summed E-state index contributed by atoms with van der Waals surface area (Å²) in [6.07, 6.45) is 6.79. The summed E-state index contributed by atoms with van der Waals surface area (Å²) in [5, 5.41) is 3.60. The average molecular weight is 260 g/mol. The molecular formula is C17H28N2. The Kier molecular flexibility index (Phi) is 5.71. The Hall–Kier alpha value is -1.02. The van der Waals surface area contributed by atoms with Gasteiger partial charge >= 0.3 is 0 Å². The minimum Gasteiger partial charge on any atom is -0.370 e. The Morgan fingerprint density at radius 2 is 1.95 bits per heavy atom. The van der Waals surface area contributed by atoms with E-state index in [0.29, 0.717) is 6.04 Å². The van der Waals surface area contributed by atoms with Crippen molar-refractivity contribution in [1.29, 1.82) is 0 Å². The molecular weight excluding hydrogens is 232 g/mol. The molecule has 0 bridgehead atoms. The average Bonchev–Trinajstić information content (AvgIpc) is 2.59. The lowest BCUT2D eigenvalue weighted by atomic mass is 10.1. The zero-order valence-electron chi connectivity index (χ0n) is 12.5. The molecule has 1 aliphatic rings. The molecule has 2 heteroatoms. The van der Waals surface area contributed by atoms with Crippen molar-refractivity contribution in [1.82, 2.24) is 5.32 Å². The number of unbranched alkanes of at least 4 members (excludes halogenated alkanes) is 4. The molecule has 1 atom stereocenters. The molecule has 2 rings (SSSR count). The summed E-state index contributed by atoms with van der Waals surface area (Å²) < 4.78 is 0. The third kappa shape index (κ3) is 4.24. The van der Waals surface area contributed by atoms with E-state index in [1.807, 2.05) is 0 Å². The molecule has 0 aliphatic carbocycles. The van der Waals surface area contributed by atoms with Gasteiger partial charge in [0.2, 0.25) is 0 Å². The lowest BCUT2D eigenvalue weighted by Gasteiger charge is -2.26. The summed E-state index contributed by atoms with van der Waals surface area (Å²) in [5.41, 5.74) is 2.88. The van der Waals surface area contributed by atoms with Gasteiger partial charge in [0.15, 0.2) is 0 Å². The molecule has 0 fully saturated rings. The lowest BCUT2D eigenvalue weighted by Crippen LogP contribution is -2.36. The number of fused-ring (bicyclic) bond motifs is 1. The van der Waals surface area contributed by atoms with Crippen LogP contribution in [0.2, 0.25) is 0 Å². The minimum absolute atomic E-state index is 0.572. The highest BCUT2D eigenvalue weighted by molar-refractivity contribution is 5.54. The third-order valence-electron chi connectivity index (χ3n) is 4.00. The topological polar surface area (TPSA) is 15.3 Å². The molecule has 1 aliphatic heterocycles. The Bertz CT molecular complexity index is 375. The van der Waals surface area contributed by atoms with E-state index in [4.69, 9.17) is 0 Å². The molecule has 0 aromatic heterocycles. The van der Waals surface area contributed by atoms with E-state index >= 15 is 0 Å². The fourth-order valence-electron chi connectivity index (χ4n) is 2.86. The van der Waals surface area contributed by atoms with Crippen LogP contribution >= 0.6 is 0 Å². The van der Waals surface area contributed by atoms with Crippen LogP contribution < -0.4 is 10.2 Å². The predicted octanol–water partition coefficient (Wildman–Crippen LogP) is 3.96. The van der Waals surface area contributed by atoms with Gasteiger partial charge in [0.1, 0.15) is 0 Å². The summed E-state index contributed by atoms with van der Waals surface area (Å²) in [7, 11) is 0. The highest BCUT2D eigenvalue weighted by atomic mass is 15.2. The van der Waals surface area contributed by atoms with Crippen LogP contribution in [-0.4, -0.2) is 19.1 Å². The highest BCUT2D eigenvalue weighted by Crippen LogP contribution is 2.23. The van der Waals surface area contributed by atoms with E-state index in [1.54, 1.807) is 0 Å². The molecule has 0 radical (unpaired) electrons. The van der Waals surface area contributed by atoms with Crippen LogP contribution in [0.15, 0.2) is 24.3 Å². The first-order valence-electron chi connectivity index (χ1n) is 7.87. The van der Waals surface area contributed by atoms with E-state index in [1.165, 1.54) is 49.9 Å². The zero-order valence-corrected chi connectivity index (χ0v) is 12.5. The second-order valence-corrected chi connectivity index (χ2v) is 5.77. The monoisotopic (exact) mass is 260 g/mol. The maximum Gasteiger partial charge on any atom is 0.0412 e. The minimum atomic E-state index is 0.572. The van der Waals surface area contributed by atoms with E-state index < -0.39 is 0 Å².